The first kappa shape index (κ1) is 22.3. The Labute approximate surface area is 178 Å². The van der Waals surface area contributed by atoms with Gasteiger partial charge in [-0.1, -0.05) is 11.6 Å². The predicted molar refractivity (Wildman–Crippen MR) is 106 cm³/mol. The first-order valence-corrected chi connectivity index (χ1v) is 9.71. The summed E-state index contributed by atoms with van der Waals surface area (Å²) in [4.78, 5) is 48.5. The topological polar surface area (TPSA) is 99.2 Å². The highest BCUT2D eigenvalue weighted by Crippen LogP contribution is 2.38. The highest BCUT2D eigenvalue weighted by atomic mass is 79.9. The maximum Gasteiger partial charge on any atom is 0.343 e. The average molecular weight is 493 g/mol. The van der Waals surface area contributed by atoms with Crippen LogP contribution in [-0.2, 0) is 23.9 Å². The van der Waals surface area contributed by atoms with Crippen LogP contribution in [0.25, 0.3) is 6.08 Å². The van der Waals surface area contributed by atoms with Gasteiger partial charge >= 0.3 is 11.9 Å². The number of carbonyl (C=O) groups excluding carboxylic acids is 4. The molecule has 0 bridgehead atoms. The highest BCUT2D eigenvalue weighted by molar-refractivity contribution is 9.10. The fourth-order valence-corrected chi connectivity index (χ4v) is 4.13. The van der Waals surface area contributed by atoms with Crippen LogP contribution in [-0.4, -0.2) is 54.9 Å². The molecule has 2 amide bonds. The van der Waals surface area contributed by atoms with E-state index in [1.54, 1.807) is 6.07 Å². The Morgan fingerprint density at radius 3 is 2.54 bits per heavy atom. The molecule has 1 aliphatic heterocycles. The lowest BCUT2D eigenvalue weighted by Crippen LogP contribution is -2.42. The summed E-state index contributed by atoms with van der Waals surface area (Å²) in [6.45, 7) is 1.09. The number of nitrogens with zero attached hydrogens (tertiary/aromatic N) is 1. The molecule has 1 fully saturated rings. The van der Waals surface area contributed by atoms with Crippen LogP contribution in [0.2, 0.25) is 5.02 Å². The molecule has 1 aromatic rings. The summed E-state index contributed by atoms with van der Waals surface area (Å²) < 4.78 is 14.8. The number of amides is 2. The van der Waals surface area contributed by atoms with E-state index < -0.39 is 29.1 Å². The van der Waals surface area contributed by atoms with Crippen LogP contribution in [0.4, 0.5) is 4.79 Å². The van der Waals surface area contributed by atoms with E-state index in [0.29, 0.717) is 21.8 Å². The Kier molecular flexibility index (Phi) is 7.50. The number of methoxy groups -OCH3 is 2. The normalized spacial score (nSPS) is 16.3. The van der Waals surface area contributed by atoms with Crippen molar-refractivity contribution in [2.75, 3.05) is 20.8 Å². The Morgan fingerprint density at radius 2 is 1.96 bits per heavy atom. The van der Waals surface area contributed by atoms with Crippen LogP contribution in [0.1, 0.15) is 12.5 Å². The van der Waals surface area contributed by atoms with Crippen LogP contribution in [0.3, 0.4) is 0 Å². The molecule has 0 radical (unpaired) electrons. The molecule has 1 atom stereocenters. The predicted octanol–water partition coefficient (Wildman–Crippen LogP) is 3.25. The molecule has 1 aliphatic rings. The SMILES string of the molecule is COC(=O)COc1c(Cl)cc(C=C2SC(=O)N(C(C)C(=O)OC)C2=O)cc1Br. The molecule has 2 rings (SSSR count). The lowest BCUT2D eigenvalue weighted by Gasteiger charge is -2.18. The number of carbonyl (C=O) groups is 4. The molecule has 1 heterocycles. The lowest BCUT2D eigenvalue weighted by molar-refractivity contribution is -0.148. The number of ether oxygens (including phenoxy) is 3. The standard InChI is InChI=1S/C17H15BrClNO7S/c1-8(16(23)26-3)20-15(22)12(28-17(20)24)6-9-4-10(18)14(11(19)5-9)27-7-13(21)25-2/h4-6,8H,7H2,1-3H3. The van der Waals surface area contributed by atoms with Gasteiger partial charge in [0.1, 0.15) is 6.04 Å². The molecule has 0 aromatic heterocycles. The number of esters is 2. The molecule has 0 spiro atoms. The van der Waals surface area contributed by atoms with Crippen LogP contribution in [0.15, 0.2) is 21.5 Å². The second kappa shape index (κ2) is 9.44. The van der Waals surface area contributed by atoms with Crippen LogP contribution < -0.4 is 4.74 Å². The van der Waals surface area contributed by atoms with Gasteiger partial charge in [-0.05, 0) is 58.4 Å². The third-order valence-corrected chi connectivity index (χ3v) is 5.39. The van der Waals surface area contributed by atoms with Gasteiger partial charge in [0.25, 0.3) is 11.1 Å². The summed E-state index contributed by atoms with van der Waals surface area (Å²) in [6.07, 6.45) is 1.47. The fourth-order valence-electron chi connectivity index (χ4n) is 2.23. The summed E-state index contributed by atoms with van der Waals surface area (Å²) in [7, 11) is 2.41. The van der Waals surface area contributed by atoms with Crippen molar-refractivity contribution in [3.8, 4) is 5.75 Å². The van der Waals surface area contributed by atoms with Crippen LogP contribution >= 0.6 is 39.3 Å². The van der Waals surface area contributed by atoms with Gasteiger partial charge in [0.15, 0.2) is 12.4 Å². The average Bonchev–Trinajstić information content (AvgIpc) is 2.92. The Hall–Kier alpha value is -2.04. The molecule has 1 unspecified atom stereocenters. The quantitative estimate of drug-likeness (QED) is 0.441. The Balaban J connectivity index is 2.26. The molecular weight excluding hydrogens is 478 g/mol. The second-order valence-electron chi connectivity index (χ2n) is 5.43. The third-order valence-electron chi connectivity index (χ3n) is 3.63. The highest BCUT2D eigenvalue weighted by Gasteiger charge is 2.41. The van der Waals surface area contributed by atoms with E-state index in [0.717, 1.165) is 4.90 Å². The van der Waals surface area contributed by atoms with E-state index in [-0.39, 0.29) is 22.3 Å². The number of thioether (sulfide) groups is 1. The Bertz CT molecular complexity index is 850. The minimum absolute atomic E-state index is 0.131. The van der Waals surface area contributed by atoms with Crippen molar-refractivity contribution in [2.45, 2.75) is 13.0 Å². The van der Waals surface area contributed by atoms with E-state index in [4.69, 9.17) is 16.3 Å². The van der Waals surface area contributed by atoms with E-state index in [1.807, 2.05) is 0 Å². The first-order valence-electron chi connectivity index (χ1n) is 7.73. The van der Waals surface area contributed by atoms with E-state index >= 15 is 0 Å². The smallest absolute Gasteiger partial charge is 0.343 e. The van der Waals surface area contributed by atoms with Gasteiger partial charge in [0.2, 0.25) is 0 Å². The molecular formula is C17H15BrClNO7S. The minimum Gasteiger partial charge on any atom is -0.479 e. The monoisotopic (exact) mass is 491 g/mol. The third kappa shape index (κ3) is 4.86. The maximum absolute atomic E-state index is 12.5. The number of hydrogen-bond acceptors (Lipinski definition) is 8. The molecule has 0 saturated carbocycles. The molecule has 0 aliphatic carbocycles. The summed E-state index contributed by atoms with van der Waals surface area (Å²) >= 11 is 10.2. The molecule has 0 N–H and O–H groups in total. The van der Waals surface area contributed by atoms with Gasteiger partial charge in [-0.25, -0.2) is 9.59 Å². The van der Waals surface area contributed by atoms with Crippen molar-refractivity contribution < 1.29 is 33.4 Å². The number of benzene rings is 1. The van der Waals surface area contributed by atoms with Crippen molar-refractivity contribution in [1.29, 1.82) is 0 Å². The van der Waals surface area contributed by atoms with Gasteiger partial charge < -0.3 is 14.2 Å². The van der Waals surface area contributed by atoms with Crippen molar-refractivity contribution in [2.24, 2.45) is 0 Å². The van der Waals surface area contributed by atoms with Gasteiger partial charge in [-0.2, -0.15) is 0 Å². The summed E-state index contributed by atoms with van der Waals surface area (Å²) in [5.41, 5.74) is 0.513. The Morgan fingerprint density at radius 1 is 1.29 bits per heavy atom. The molecule has 1 aromatic carbocycles. The zero-order chi connectivity index (χ0) is 21.0. The van der Waals surface area contributed by atoms with Gasteiger partial charge in [-0.15, -0.1) is 0 Å². The van der Waals surface area contributed by atoms with E-state index in [9.17, 15) is 19.2 Å². The molecule has 28 heavy (non-hydrogen) atoms. The molecule has 1 saturated heterocycles. The summed E-state index contributed by atoms with van der Waals surface area (Å²) in [6, 6.07) is 2.08. The summed E-state index contributed by atoms with van der Waals surface area (Å²) in [5.74, 6) is -1.63. The van der Waals surface area contributed by atoms with E-state index in [1.165, 1.54) is 33.3 Å². The fraction of sp³-hybridized carbons (Fsp3) is 0.294. The van der Waals surface area contributed by atoms with Gasteiger partial charge in [0.05, 0.1) is 28.6 Å². The maximum atomic E-state index is 12.5. The van der Waals surface area contributed by atoms with Crippen molar-refractivity contribution in [3.63, 3.8) is 0 Å². The number of imide groups is 1. The van der Waals surface area contributed by atoms with Gasteiger partial charge in [-0.3, -0.25) is 14.5 Å². The van der Waals surface area contributed by atoms with Crippen LogP contribution in [0.5, 0.6) is 5.75 Å². The van der Waals surface area contributed by atoms with E-state index in [2.05, 4.69) is 25.4 Å². The minimum atomic E-state index is -1.03. The molecule has 150 valence electrons. The van der Waals surface area contributed by atoms with Gasteiger partial charge in [0, 0.05) is 0 Å². The van der Waals surface area contributed by atoms with Crippen molar-refractivity contribution in [3.05, 3.63) is 32.1 Å². The number of rotatable bonds is 6. The summed E-state index contributed by atoms with van der Waals surface area (Å²) in [5, 5.41) is -0.385. The molecule has 11 heteroatoms. The largest absolute Gasteiger partial charge is 0.479 e. The van der Waals surface area contributed by atoms with Crippen LogP contribution in [0, 0.1) is 0 Å². The zero-order valence-corrected chi connectivity index (χ0v) is 18.1. The van der Waals surface area contributed by atoms with Crippen molar-refractivity contribution >= 4 is 68.5 Å². The second-order valence-corrected chi connectivity index (χ2v) is 7.68. The zero-order valence-electron chi connectivity index (χ0n) is 15.0. The lowest BCUT2D eigenvalue weighted by atomic mass is 10.2. The number of hydrogen-bond donors (Lipinski definition) is 0. The number of halogens is 2. The molecule has 8 nitrogen and oxygen atoms in total. The van der Waals surface area contributed by atoms with Crippen molar-refractivity contribution in [1.82, 2.24) is 4.90 Å². The first-order chi connectivity index (χ1) is 13.2.